The number of rotatable bonds is 3. The molecule has 2 heterocycles. The number of amides is 4. The van der Waals surface area contributed by atoms with Crippen molar-refractivity contribution in [2.75, 3.05) is 40.3 Å². The molecule has 7 nitrogen and oxygen atoms in total. The van der Waals surface area contributed by atoms with E-state index in [1.165, 1.54) is 0 Å². The van der Waals surface area contributed by atoms with Gasteiger partial charge < -0.3 is 20.0 Å². The Bertz CT molecular complexity index is 699. The molecule has 1 aromatic carbocycles. The third-order valence-electron chi connectivity index (χ3n) is 5.61. The SMILES string of the molecule is CN(C)C(=O)N1CCC(C(=O)N2CCCNC(=O)C2Cc2ccccc2)CC1. The monoisotopic (exact) mass is 386 g/mol. The molecular weight excluding hydrogens is 356 g/mol. The molecule has 2 aliphatic heterocycles. The molecule has 152 valence electrons. The van der Waals surface area contributed by atoms with E-state index < -0.39 is 6.04 Å². The summed E-state index contributed by atoms with van der Waals surface area (Å²) in [4.78, 5) is 43.2. The maximum atomic E-state index is 13.3. The molecule has 1 aromatic rings. The quantitative estimate of drug-likeness (QED) is 0.852. The van der Waals surface area contributed by atoms with Gasteiger partial charge in [0.15, 0.2) is 0 Å². The summed E-state index contributed by atoms with van der Waals surface area (Å²) >= 11 is 0. The Morgan fingerprint density at radius 2 is 1.79 bits per heavy atom. The fraction of sp³-hybridized carbons (Fsp3) is 0.571. The molecular formula is C21H30N4O3. The van der Waals surface area contributed by atoms with Gasteiger partial charge >= 0.3 is 6.03 Å². The molecule has 28 heavy (non-hydrogen) atoms. The zero-order valence-corrected chi connectivity index (χ0v) is 16.8. The van der Waals surface area contributed by atoms with Crippen LogP contribution in [0.4, 0.5) is 4.79 Å². The minimum atomic E-state index is -0.473. The highest BCUT2D eigenvalue weighted by atomic mass is 16.2. The number of carbonyl (C=O) groups is 3. The first-order chi connectivity index (χ1) is 13.5. The molecule has 4 amide bonds. The molecule has 0 aromatic heterocycles. The Hall–Kier alpha value is -2.57. The Morgan fingerprint density at radius 1 is 1.11 bits per heavy atom. The number of nitrogens with zero attached hydrogens (tertiary/aromatic N) is 3. The van der Waals surface area contributed by atoms with Gasteiger partial charge in [-0.3, -0.25) is 9.59 Å². The highest BCUT2D eigenvalue weighted by Crippen LogP contribution is 2.23. The fourth-order valence-electron chi connectivity index (χ4n) is 4.02. The smallest absolute Gasteiger partial charge is 0.319 e. The van der Waals surface area contributed by atoms with Gasteiger partial charge in [-0.2, -0.15) is 0 Å². The molecule has 0 spiro atoms. The maximum absolute atomic E-state index is 13.3. The first-order valence-corrected chi connectivity index (χ1v) is 10.1. The van der Waals surface area contributed by atoms with Crippen LogP contribution in [-0.2, 0) is 16.0 Å². The molecule has 1 unspecified atom stereocenters. The van der Waals surface area contributed by atoms with Crippen molar-refractivity contribution < 1.29 is 14.4 Å². The van der Waals surface area contributed by atoms with Gasteiger partial charge in [-0.05, 0) is 24.8 Å². The number of urea groups is 1. The first kappa shape index (κ1) is 20.2. The third-order valence-corrected chi connectivity index (χ3v) is 5.61. The zero-order valence-electron chi connectivity index (χ0n) is 16.8. The summed E-state index contributed by atoms with van der Waals surface area (Å²) in [6, 6.07) is 9.35. The lowest BCUT2D eigenvalue weighted by molar-refractivity contribution is -0.143. The summed E-state index contributed by atoms with van der Waals surface area (Å²) in [6.07, 6.45) is 2.58. The summed E-state index contributed by atoms with van der Waals surface area (Å²) in [7, 11) is 3.48. The molecule has 0 aliphatic carbocycles. The predicted octanol–water partition coefficient (Wildman–Crippen LogP) is 1.34. The van der Waals surface area contributed by atoms with E-state index in [1.54, 1.807) is 28.8 Å². The van der Waals surface area contributed by atoms with Gasteiger partial charge in [0.25, 0.3) is 0 Å². The van der Waals surface area contributed by atoms with Crippen LogP contribution in [0.15, 0.2) is 30.3 Å². The molecule has 0 saturated carbocycles. The number of piperidine rings is 1. The Morgan fingerprint density at radius 3 is 2.43 bits per heavy atom. The number of hydrogen-bond donors (Lipinski definition) is 1. The molecule has 0 bridgehead atoms. The first-order valence-electron chi connectivity index (χ1n) is 10.1. The van der Waals surface area contributed by atoms with E-state index in [9.17, 15) is 14.4 Å². The van der Waals surface area contributed by atoms with Gasteiger partial charge in [0, 0.05) is 52.6 Å². The number of hydrogen-bond acceptors (Lipinski definition) is 3. The summed E-state index contributed by atoms with van der Waals surface area (Å²) < 4.78 is 0. The molecule has 3 rings (SSSR count). The van der Waals surface area contributed by atoms with Crippen molar-refractivity contribution >= 4 is 17.8 Å². The average Bonchev–Trinajstić information content (AvgIpc) is 2.89. The van der Waals surface area contributed by atoms with Crippen LogP contribution in [0.2, 0.25) is 0 Å². The van der Waals surface area contributed by atoms with E-state index in [4.69, 9.17) is 0 Å². The van der Waals surface area contributed by atoms with E-state index in [2.05, 4.69) is 5.32 Å². The fourth-order valence-corrected chi connectivity index (χ4v) is 4.02. The van der Waals surface area contributed by atoms with Crippen LogP contribution in [-0.4, -0.2) is 78.9 Å². The normalized spacial score (nSPS) is 21.1. The van der Waals surface area contributed by atoms with E-state index in [0.29, 0.717) is 45.4 Å². The standard InChI is InChI=1S/C21H30N4O3/c1-23(2)21(28)24-13-9-17(10-14-24)20(27)25-12-6-11-22-19(26)18(25)15-16-7-4-3-5-8-16/h3-5,7-8,17-18H,6,9-15H2,1-2H3,(H,22,26). The molecule has 1 N–H and O–H groups in total. The maximum Gasteiger partial charge on any atom is 0.319 e. The number of carbonyl (C=O) groups excluding carboxylic acids is 3. The van der Waals surface area contributed by atoms with Crippen LogP contribution in [0.3, 0.4) is 0 Å². The van der Waals surface area contributed by atoms with Crippen LogP contribution in [0, 0.1) is 5.92 Å². The van der Waals surface area contributed by atoms with Crippen molar-refractivity contribution in [1.82, 2.24) is 20.0 Å². The highest BCUT2D eigenvalue weighted by molar-refractivity contribution is 5.89. The Labute approximate surface area is 166 Å². The summed E-state index contributed by atoms with van der Waals surface area (Å²) in [5.74, 6) is -0.153. The van der Waals surface area contributed by atoms with Crippen molar-refractivity contribution in [3.63, 3.8) is 0 Å². The number of benzene rings is 1. The topological polar surface area (TPSA) is 73.0 Å². The van der Waals surface area contributed by atoms with E-state index in [-0.39, 0.29) is 23.8 Å². The van der Waals surface area contributed by atoms with Crippen LogP contribution in [0.25, 0.3) is 0 Å². The summed E-state index contributed by atoms with van der Waals surface area (Å²) in [5.41, 5.74) is 1.05. The minimum absolute atomic E-state index is 0.0120. The lowest BCUT2D eigenvalue weighted by Crippen LogP contribution is -2.52. The van der Waals surface area contributed by atoms with E-state index >= 15 is 0 Å². The Balaban J connectivity index is 1.69. The lowest BCUT2D eigenvalue weighted by Gasteiger charge is -2.37. The van der Waals surface area contributed by atoms with Gasteiger partial charge in [-0.15, -0.1) is 0 Å². The molecule has 7 heteroatoms. The van der Waals surface area contributed by atoms with Crippen molar-refractivity contribution in [3.8, 4) is 0 Å². The second-order valence-corrected chi connectivity index (χ2v) is 7.82. The van der Waals surface area contributed by atoms with Gasteiger partial charge in [0.2, 0.25) is 11.8 Å². The van der Waals surface area contributed by atoms with Gasteiger partial charge in [0.1, 0.15) is 6.04 Å². The average molecular weight is 386 g/mol. The molecule has 2 aliphatic rings. The Kier molecular flexibility index (Phi) is 6.54. The summed E-state index contributed by atoms with van der Waals surface area (Å²) in [5, 5.41) is 2.95. The second kappa shape index (κ2) is 9.08. The van der Waals surface area contributed by atoms with Crippen LogP contribution in [0.1, 0.15) is 24.8 Å². The van der Waals surface area contributed by atoms with Gasteiger partial charge in [0.05, 0.1) is 0 Å². The summed E-state index contributed by atoms with van der Waals surface area (Å²) in [6.45, 7) is 2.35. The van der Waals surface area contributed by atoms with E-state index in [1.807, 2.05) is 30.3 Å². The lowest BCUT2D eigenvalue weighted by atomic mass is 9.93. The van der Waals surface area contributed by atoms with Crippen LogP contribution >= 0.6 is 0 Å². The zero-order chi connectivity index (χ0) is 20.1. The van der Waals surface area contributed by atoms with Gasteiger partial charge in [-0.25, -0.2) is 4.79 Å². The highest BCUT2D eigenvalue weighted by Gasteiger charge is 2.37. The van der Waals surface area contributed by atoms with E-state index in [0.717, 1.165) is 12.0 Å². The molecule has 1 atom stereocenters. The largest absolute Gasteiger partial charge is 0.354 e. The van der Waals surface area contributed by atoms with Crippen molar-refractivity contribution in [2.24, 2.45) is 5.92 Å². The minimum Gasteiger partial charge on any atom is -0.354 e. The number of nitrogens with one attached hydrogen (secondary N) is 1. The predicted molar refractivity (Wildman–Crippen MR) is 107 cm³/mol. The van der Waals surface area contributed by atoms with Crippen LogP contribution in [0.5, 0.6) is 0 Å². The molecule has 2 saturated heterocycles. The number of likely N-dealkylation sites (tertiary alicyclic amines) is 1. The van der Waals surface area contributed by atoms with Crippen molar-refractivity contribution in [2.45, 2.75) is 31.7 Å². The second-order valence-electron chi connectivity index (χ2n) is 7.82. The van der Waals surface area contributed by atoms with Gasteiger partial charge in [-0.1, -0.05) is 30.3 Å². The van der Waals surface area contributed by atoms with Crippen LogP contribution < -0.4 is 5.32 Å². The molecule has 2 fully saturated rings. The third kappa shape index (κ3) is 4.64. The van der Waals surface area contributed by atoms with Crippen molar-refractivity contribution in [1.29, 1.82) is 0 Å². The van der Waals surface area contributed by atoms with Crippen molar-refractivity contribution in [3.05, 3.63) is 35.9 Å². The molecule has 0 radical (unpaired) electrons.